The monoisotopic (exact) mass is 431 g/mol. The van der Waals surface area contributed by atoms with Crippen LogP contribution in [-0.2, 0) is 27.8 Å². The smallest absolute Gasteiger partial charge is 0.412 e. The van der Waals surface area contributed by atoms with Gasteiger partial charge in [0.25, 0.3) is 0 Å². The van der Waals surface area contributed by atoms with E-state index in [2.05, 4.69) is 10.0 Å². The lowest BCUT2D eigenvalue weighted by Crippen LogP contribution is -2.49. The minimum atomic E-state index is -3.76. The largest absolute Gasteiger partial charge is 0.465 e. The second kappa shape index (κ2) is 8.08. The van der Waals surface area contributed by atoms with Crippen molar-refractivity contribution in [2.75, 3.05) is 4.90 Å². The van der Waals surface area contributed by atoms with E-state index in [1.165, 1.54) is 24.3 Å². The van der Waals surface area contributed by atoms with Crippen molar-refractivity contribution in [1.82, 2.24) is 10.0 Å². The van der Waals surface area contributed by atoms with Gasteiger partial charge >= 0.3 is 6.09 Å². The Bertz CT molecular complexity index is 1060. The van der Waals surface area contributed by atoms with Crippen LogP contribution in [0.4, 0.5) is 10.5 Å². The summed E-state index contributed by atoms with van der Waals surface area (Å²) >= 11 is 0. The Morgan fingerprint density at radius 3 is 2.27 bits per heavy atom. The van der Waals surface area contributed by atoms with Crippen LogP contribution in [0.2, 0.25) is 0 Å². The first kappa shape index (κ1) is 21.8. The number of fused-ring (bicyclic) bond motifs is 1. The Labute approximate surface area is 176 Å². The highest BCUT2D eigenvalue weighted by atomic mass is 32.2. The Balaban J connectivity index is 1.93. The van der Waals surface area contributed by atoms with Gasteiger partial charge in [0.05, 0.1) is 4.90 Å². The van der Waals surface area contributed by atoms with E-state index in [4.69, 9.17) is 0 Å². The van der Waals surface area contributed by atoms with E-state index in [-0.39, 0.29) is 17.0 Å². The molecule has 1 aliphatic heterocycles. The number of hydrogen-bond donors (Lipinski definition) is 3. The molecule has 1 heterocycles. The summed E-state index contributed by atoms with van der Waals surface area (Å²) in [6, 6.07) is 12.0. The van der Waals surface area contributed by atoms with E-state index in [9.17, 15) is 23.1 Å². The summed E-state index contributed by atoms with van der Waals surface area (Å²) in [6.45, 7) is 5.52. The van der Waals surface area contributed by atoms with Crippen molar-refractivity contribution in [1.29, 1.82) is 0 Å². The molecule has 0 aliphatic carbocycles. The highest BCUT2D eigenvalue weighted by Crippen LogP contribution is 2.25. The number of nitrogens with zero attached hydrogens (tertiary/aromatic N) is 1. The molecule has 0 saturated carbocycles. The average molecular weight is 432 g/mol. The Morgan fingerprint density at radius 1 is 1.10 bits per heavy atom. The summed E-state index contributed by atoms with van der Waals surface area (Å²) < 4.78 is 27.5. The molecule has 8 nitrogen and oxygen atoms in total. The predicted molar refractivity (Wildman–Crippen MR) is 113 cm³/mol. The summed E-state index contributed by atoms with van der Waals surface area (Å²) in [5.74, 6) is -0.403. The average Bonchev–Trinajstić information content (AvgIpc) is 2.80. The van der Waals surface area contributed by atoms with E-state index in [0.717, 1.165) is 16.0 Å². The van der Waals surface area contributed by atoms with Crippen molar-refractivity contribution < 1.29 is 23.1 Å². The first-order valence-electron chi connectivity index (χ1n) is 9.49. The van der Waals surface area contributed by atoms with Crippen LogP contribution in [0.25, 0.3) is 0 Å². The van der Waals surface area contributed by atoms with Crippen LogP contribution < -0.4 is 14.9 Å². The minimum Gasteiger partial charge on any atom is -0.465 e. The first-order chi connectivity index (χ1) is 14.0. The second-order valence-corrected chi connectivity index (χ2v) is 9.89. The molecule has 1 atom stereocenters. The molecule has 0 saturated heterocycles. The molecule has 0 fully saturated rings. The third-order valence-electron chi connectivity index (χ3n) is 4.67. The van der Waals surface area contributed by atoms with E-state index >= 15 is 0 Å². The molecule has 160 valence electrons. The maximum atomic E-state index is 12.7. The minimum absolute atomic E-state index is 0.0159. The third-order valence-corrected chi connectivity index (χ3v) is 6.44. The molecule has 2 aromatic carbocycles. The molecule has 2 aromatic rings. The number of hydrogen-bond acceptors (Lipinski definition) is 4. The number of carbonyl (C=O) groups excluding carboxylic acids is 1. The maximum absolute atomic E-state index is 12.7. The van der Waals surface area contributed by atoms with Gasteiger partial charge in [-0.05, 0) is 56.2 Å². The number of benzene rings is 2. The summed E-state index contributed by atoms with van der Waals surface area (Å²) in [6.07, 6.45) is -1.07. The van der Waals surface area contributed by atoms with Crippen LogP contribution in [0, 0.1) is 0 Å². The van der Waals surface area contributed by atoms with Crippen LogP contribution in [0.1, 0.15) is 31.9 Å². The maximum Gasteiger partial charge on any atom is 0.412 e. The van der Waals surface area contributed by atoms with Crippen LogP contribution >= 0.6 is 0 Å². The SMILES string of the molecule is CC(C)(C)NS(=O)(=O)c1ccc(N(C(=O)O)C2Cc3ccccc3CNC2=O)cc1. The van der Waals surface area contributed by atoms with Crippen molar-refractivity contribution in [3.63, 3.8) is 0 Å². The van der Waals surface area contributed by atoms with Gasteiger partial charge in [0.15, 0.2) is 0 Å². The molecule has 0 aromatic heterocycles. The number of rotatable bonds is 4. The first-order valence-corrected chi connectivity index (χ1v) is 11.0. The molecule has 0 bridgehead atoms. The van der Waals surface area contributed by atoms with Crippen molar-refractivity contribution in [3.8, 4) is 0 Å². The fraction of sp³-hybridized carbons (Fsp3) is 0.333. The molecule has 3 rings (SSSR count). The topological polar surface area (TPSA) is 116 Å². The summed E-state index contributed by atoms with van der Waals surface area (Å²) in [4.78, 5) is 25.7. The lowest BCUT2D eigenvalue weighted by molar-refractivity contribution is -0.122. The molecule has 0 radical (unpaired) electrons. The van der Waals surface area contributed by atoms with Crippen molar-refractivity contribution in [2.45, 2.75) is 50.2 Å². The van der Waals surface area contributed by atoms with Gasteiger partial charge in [0.1, 0.15) is 6.04 Å². The van der Waals surface area contributed by atoms with E-state index < -0.39 is 33.6 Å². The van der Waals surface area contributed by atoms with Gasteiger partial charge in [-0.15, -0.1) is 0 Å². The fourth-order valence-electron chi connectivity index (χ4n) is 3.41. The van der Waals surface area contributed by atoms with E-state index in [1.807, 2.05) is 24.3 Å². The molecule has 2 amide bonds. The predicted octanol–water partition coefficient (Wildman–Crippen LogP) is 2.49. The van der Waals surface area contributed by atoms with Gasteiger partial charge in [-0.25, -0.2) is 17.9 Å². The number of carbonyl (C=O) groups is 2. The highest BCUT2D eigenvalue weighted by molar-refractivity contribution is 7.89. The van der Waals surface area contributed by atoms with Gasteiger partial charge in [0.2, 0.25) is 15.9 Å². The van der Waals surface area contributed by atoms with E-state index in [0.29, 0.717) is 6.54 Å². The molecule has 30 heavy (non-hydrogen) atoms. The van der Waals surface area contributed by atoms with Gasteiger partial charge in [-0.3, -0.25) is 9.69 Å². The standard InChI is InChI=1S/C21H25N3O5S/c1-21(2,3)23-30(28,29)17-10-8-16(9-11-17)24(20(26)27)18-12-14-6-4-5-7-15(14)13-22-19(18)25/h4-11,18,23H,12-13H2,1-3H3,(H,22,25)(H,26,27). The molecule has 9 heteroatoms. The highest BCUT2D eigenvalue weighted by Gasteiger charge is 2.34. The van der Waals surface area contributed by atoms with Gasteiger partial charge in [-0.1, -0.05) is 24.3 Å². The quantitative estimate of drug-likeness (QED) is 0.688. The molecule has 1 unspecified atom stereocenters. The Kier molecular flexibility index (Phi) is 5.87. The third kappa shape index (κ3) is 4.80. The van der Waals surface area contributed by atoms with E-state index in [1.54, 1.807) is 20.8 Å². The van der Waals surface area contributed by atoms with Gasteiger partial charge in [0, 0.05) is 24.2 Å². The lowest BCUT2D eigenvalue weighted by atomic mass is 10.0. The molecule has 0 spiro atoms. The zero-order chi connectivity index (χ0) is 22.1. The molecule has 1 aliphatic rings. The van der Waals surface area contributed by atoms with Crippen molar-refractivity contribution >= 4 is 27.7 Å². The van der Waals surface area contributed by atoms with Crippen LogP contribution in [-0.4, -0.2) is 37.1 Å². The normalized spacial score (nSPS) is 16.9. The van der Waals surface area contributed by atoms with Crippen LogP contribution in [0.5, 0.6) is 0 Å². The number of anilines is 1. The van der Waals surface area contributed by atoms with Crippen LogP contribution in [0.3, 0.4) is 0 Å². The van der Waals surface area contributed by atoms with Gasteiger partial charge in [-0.2, -0.15) is 0 Å². The lowest BCUT2D eigenvalue weighted by Gasteiger charge is -2.27. The number of carboxylic acid groups (broad SMARTS) is 1. The van der Waals surface area contributed by atoms with Crippen molar-refractivity contribution in [3.05, 3.63) is 59.7 Å². The second-order valence-electron chi connectivity index (χ2n) is 8.21. The van der Waals surface area contributed by atoms with Gasteiger partial charge < -0.3 is 10.4 Å². The summed E-state index contributed by atoms with van der Waals surface area (Å²) in [5, 5.41) is 12.6. The number of sulfonamides is 1. The fourth-order valence-corrected chi connectivity index (χ4v) is 4.83. The number of nitrogens with one attached hydrogen (secondary N) is 2. The summed E-state index contributed by atoms with van der Waals surface area (Å²) in [7, 11) is -3.76. The molecular formula is C21H25N3O5S. The summed E-state index contributed by atoms with van der Waals surface area (Å²) in [5.41, 5.74) is 1.39. The number of amides is 2. The Hall–Kier alpha value is -2.91. The Morgan fingerprint density at radius 2 is 1.70 bits per heavy atom. The zero-order valence-corrected chi connectivity index (χ0v) is 17.9. The zero-order valence-electron chi connectivity index (χ0n) is 17.0. The van der Waals surface area contributed by atoms with Crippen LogP contribution in [0.15, 0.2) is 53.4 Å². The molecule has 3 N–H and O–H groups in total. The van der Waals surface area contributed by atoms with Crippen molar-refractivity contribution in [2.24, 2.45) is 0 Å². The molecular weight excluding hydrogens is 406 g/mol.